The van der Waals surface area contributed by atoms with Crippen molar-refractivity contribution in [2.45, 2.75) is 40.2 Å². The summed E-state index contributed by atoms with van der Waals surface area (Å²) in [5.41, 5.74) is 7.37. The highest BCUT2D eigenvalue weighted by Gasteiger charge is 2.21. The van der Waals surface area contributed by atoms with Gasteiger partial charge in [0.15, 0.2) is 5.78 Å². The molecule has 4 aromatic rings. The zero-order chi connectivity index (χ0) is 23.8. The Morgan fingerprint density at radius 1 is 1.18 bits per heavy atom. The van der Waals surface area contributed by atoms with Crippen LogP contribution in [-0.4, -0.2) is 40.8 Å². The van der Waals surface area contributed by atoms with Crippen LogP contribution in [0.5, 0.6) is 5.75 Å². The minimum absolute atomic E-state index is 0.0208. The van der Waals surface area contributed by atoms with Gasteiger partial charge in [0.05, 0.1) is 29.4 Å². The molecule has 0 saturated carbocycles. The lowest BCUT2D eigenvalue weighted by molar-refractivity contribution is 0.0616. The highest BCUT2D eigenvalue weighted by molar-refractivity contribution is 5.99. The Hall–Kier alpha value is -3.45. The lowest BCUT2D eigenvalue weighted by Crippen LogP contribution is -2.20. The van der Waals surface area contributed by atoms with Crippen molar-refractivity contribution in [3.8, 4) is 28.0 Å². The first-order chi connectivity index (χ1) is 16.5. The van der Waals surface area contributed by atoms with Crippen LogP contribution in [0.25, 0.3) is 33.3 Å². The zero-order valence-electron chi connectivity index (χ0n) is 20.1. The maximum Gasteiger partial charge on any atom is 0.163 e. The van der Waals surface area contributed by atoms with E-state index in [4.69, 9.17) is 19.0 Å². The fourth-order valence-electron chi connectivity index (χ4n) is 4.92. The molecule has 0 atom stereocenters. The molecular formula is C27H29N3O4. The smallest absolute Gasteiger partial charge is 0.163 e. The van der Waals surface area contributed by atoms with Crippen molar-refractivity contribution in [2.75, 3.05) is 20.3 Å². The van der Waals surface area contributed by atoms with Crippen molar-refractivity contribution < 1.29 is 18.8 Å². The number of aryl methyl sites for hydroxylation is 2. The predicted molar refractivity (Wildman–Crippen MR) is 130 cm³/mol. The van der Waals surface area contributed by atoms with E-state index < -0.39 is 0 Å². The van der Waals surface area contributed by atoms with Gasteiger partial charge in [-0.2, -0.15) is 0 Å². The molecule has 3 aromatic heterocycles. The molecule has 0 N–H and O–H groups in total. The summed E-state index contributed by atoms with van der Waals surface area (Å²) < 4.78 is 18.8. The Balaban J connectivity index is 1.66. The first kappa shape index (κ1) is 22.3. The number of carbonyl (C=O) groups is 1. The molecule has 0 aliphatic carbocycles. The van der Waals surface area contributed by atoms with Crippen LogP contribution in [0.1, 0.15) is 41.6 Å². The second-order valence-electron chi connectivity index (χ2n) is 9.01. The Kier molecular flexibility index (Phi) is 5.96. The fraction of sp³-hybridized carbons (Fsp3) is 0.370. The summed E-state index contributed by atoms with van der Waals surface area (Å²) in [6.45, 7) is 7.94. The molecule has 0 bridgehead atoms. The third-order valence-corrected chi connectivity index (χ3v) is 6.73. The molecule has 1 aromatic carbocycles. The molecule has 1 saturated heterocycles. The average molecular weight is 460 g/mol. The summed E-state index contributed by atoms with van der Waals surface area (Å²) in [7, 11) is 1.59. The van der Waals surface area contributed by atoms with Gasteiger partial charge >= 0.3 is 0 Å². The minimum Gasteiger partial charge on any atom is -0.496 e. The van der Waals surface area contributed by atoms with E-state index in [0.29, 0.717) is 17.2 Å². The first-order valence-electron chi connectivity index (χ1n) is 11.7. The second kappa shape index (κ2) is 9.06. The molecule has 1 fully saturated rings. The molecule has 176 valence electrons. The lowest BCUT2D eigenvalue weighted by atomic mass is 10.0. The van der Waals surface area contributed by atoms with E-state index in [0.717, 1.165) is 77.3 Å². The van der Waals surface area contributed by atoms with Gasteiger partial charge in [-0.25, -0.2) is 0 Å². The molecule has 7 nitrogen and oxygen atoms in total. The Morgan fingerprint density at radius 2 is 1.97 bits per heavy atom. The number of benzene rings is 1. The van der Waals surface area contributed by atoms with Crippen LogP contribution in [0.2, 0.25) is 0 Å². The van der Waals surface area contributed by atoms with Gasteiger partial charge in [0.25, 0.3) is 0 Å². The Bertz CT molecular complexity index is 1340. The van der Waals surface area contributed by atoms with Crippen LogP contribution >= 0.6 is 0 Å². The number of ether oxygens (including phenoxy) is 2. The van der Waals surface area contributed by atoms with Crippen molar-refractivity contribution >= 4 is 16.8 Å². The number of hydrogen-bond acceptors (Lipinski definition) is 6. The van der Waals surface area contributed by atoms with Crippen LogP contribution in [0, 0.1) is 19.8 Å². The van der Waals surface area contributed by atoms with Crippen molar-refractivity contribution in [1.82, 2.24) is 14.7 Å². The highest BCUT2D eigenvalue weighted by atomic mass is 16.5. The summed E-state index contributed by atoms with van der Waals surface area (Å²) in [4.78, 5) is 16.9. The summed E-state index contributed by atoms with van der Waals surface area (Å²) in [5.74, 6) is 1.88. The van der Waals surface area contributed by atoms with Gasteiger partial charge in [0.1, 0.15) is 11.5 Å². The number of rotatable bonds is 6. The normalized spacial score (nSPS) is 14.6. The standard InChI is InChI=1S/C27H29N3O4/c1-16-26(18(3)34-29-16)21-11-24-27(28-13-21)23(15-30(24)14-19-7-9-33-10-8-19)20-5-6-22(17(2)31)25(12-20)32-4/h5-6,11-13,15,19H,7-10,14H2,1-4H3. The number of Topliss-reactive ketones (excluding diaryl/α,β-unsaturated/α-hetero) is 1. The van der Waals surface area contributed by atoms with Gasteiger partial charge in [0, 0.05) is 48.8 Å². The highest BCUT2D eigenvalue weighted by Crippen LogP contribution is 2.36. The Labute approximate surface area is 198 Å². The molecule has 34 heavy (non-hydrogen) atoms. The van der Waals surface area contributed by atoms with Gasteiger partial charge in [-0.15, -0.1) is 0 Å². The topological polar surface area (TPSA) is 79.4 Å². The molecule has 1 aliphatic rings. The number of carbonyl (C=O) groups excluding carboxylic acids is 1. The molecule has 1 aliphatic heterocycles. The van der Waals surface area contributed by atoms with Gasteiger partial charge in [-0.3, -0.25) is 9.78 Å². The van der Waals surface area contributed by atoms with Crippen LogP contribution in [-0.2, 0) is 11.3 Å². The molecule has 0 spiro atoms. The van der Waals surface area contributed by atoms with Crippen LogP contribution in [0.4, 0.5) is 0 Å². The van der Waals surface area contributed by atoms with Crippen molar-refractivity contribution in [1.29, 1.82) is 0 Å². The minimum atomic E-state index is -0.0208. The predicted octanol–water partition coefficient (Wildman–Crippen LogP) is 5.61. The van der Waals surface area contributed by atoms with Gasteiger partial charge in [-0.05, 0) is 63.3 Å². The molecular weight excluding hydrogens is 430 g/mol. The van der Waals surface area contributed by atoms with E-state index in [1.165, 1.54) is 0 Å². The van der Waals surface area contributed by atoms with E-state index in [2.05, 4.69) is 22.0 Å². The maximum atomic E-state index is 12.0. The van der Waals surface area contributed by atoms with Crippen LogP contribution < -0.4 is 4.74 Å². The Morgan fingerprint density at radius 3 is 2.65 bits per heavy atom. The maximum absolute atomic E-state index is 12.0. The van der Waals surface area contributed by atoms with E-state index in [-0.39, 0.29) is 5.78 Å². The average Bonchev–Trinajstić information content (AvgIpc) is 3.37. The van der Waals surface area contributed by atoms with Gasteiger partial charge < -0.3 is 18.6 Å². The summed E-state index contributed by atoms with van der Waals surface area (Å²) in [5, 5.41) is 4.12. The van der Waals surface area contributed by atoms with E-state index in [1.54, 1.807) is 14.0 Å². The molecule has 4 heterocycles. The largest absolute Gasteiger partial charge is 0.496 e. The fourth-order valence-corrected chi connectivity index (χ4v) is 4.92. The number of hydrogen-bond donors (Lipinski definition) is 0. The third-order valence-electron chi connectivity index (χ3n) is 6.73. The van der Waals surface area contributed by atoms with Crippen molar-refractivity contribution in [3.63, 3.8) is 0 Å². The second-order valence-corrected chi connectivity index (χ2v) is 9.01. The first-order valence-corrected chi connectivity index (χ1v) is 11.7. The summed E-state index contributed by atoms with van der Waals surface area (Å²) in [6.07, 6.45) is 6.16. The van der Waals surface area contributed by atoms with Crippen molar-refractivity contribution in [3.05, 3.63) is 53.7 Å². The summed E-state index contributed by atoms with van der Waals surface area (Å²) >= 11 is 0. The van der Waals surface area contributed by atoms with E-state index >= 15 is 0 Å². The quantitative estimate of drug-likeness (QED) is 0.349. The molecule has 0 amide bonds. The zero-order valence-corrected chi connectivity index (χ0v) is 20.1. The lowest BCUT2D eigenvalue weighted by Gasteiger charge is -2.22. The van der Waals surface area contributed by atoms with Crippen LogP contribution in [0.15, 0.2) is 41.2 Å². The van der Waals surface area contributed by atoms with E-state index in [1.807, 2.05) is 38.2 Å². The number of pyridine rings is 1. The monoisotopic (exact) mass is 459 g/mol. The molecule has 0 radical (unpaired) electrons. The third kappa shape index (κ3) is 4.01. The van der Waals surface area contributed by atoms with Crippen LogP contribution in [0.3, 0.4) is 0 Å². The summed E-state index contributed by atoms with van der Waals surface area (Å²) in [6, 6.07) is 7.90. The van der Waals surface area contributed by atoms with E-state index in [9.17, 15) is 4.79 Å². The molecule has 7 heteroatoms. The number of ketones is 1. The number of nitrogens with zero attached hydrogens (tertiary/aromatic N) is 3. The molecule has 5 rings (SSSR count). The molecule has 0 unspecified atom stereocenters. The SMILES string of the molecule is COc1cc(-c2cn(CC3CCOCC3)c3cc(-c4c(C)noc4C)cnc23)ccc1C(C)=O. The van der Waals surface area contributed by atoms with Gasteiger partial charge in [-0.1, -0.05) is 11.2 Å². The number of fused-ring (bicyclic) bond motifs is 1. The number of aromatic nitrogens is 3. The van der Waals surface area contributed by atoms with Crippen molar-refractivity contribution in [2.24, 2.45) is 5.92 Å². The van der Waals surface area contributed by atoms with Gasteiger partial charge in [0.2, 0.25) is 0 Å². The number of methoxy groups -OCH3 is 1.